The molecule has 7 heteroatoms. The van der Waals surface area contributed by atoms with Crippen LogP contribution >= 0.6 is 0 Å². The molecule has 1 atom stereocenters. The summed E-state index contributed by atoms with van der Waals surface area (Å²) in [6.07, 6.45) is 1.19. The Labute approximate surface area is 103 Å². The largest absolute Gasteiger partial charge is 0.481 e. The van der Waals surface area contributed by atoms with Gasteiger partial charge in [0.1, 0.15) is 0 Å². The standard InChI is InChI=1S/C10H21NO5S/c1-9(10(12)13)8-11(2)17(14,15)7-5-4-6-16-3/h9H,4-8H2,1-3H3,(H,12,13). The molecule has 0 aromatic rings. The number of ether oxygens (including phenoxy) is 1. The fourth-order valence-electron chi connectivity index (χ4n) is 1.26. The van der Waals surface area contributed by atoms with E-state index in [4.69, 9.17) is 9.84 Å². The van der Waals surface area contributed by atoms with Crippen LogP contribution in [0.4, 0.5) is 0 Å². The van der Waals surface area contributed by atoms with Gasteiger partial charge in [-0.2, -0.15) is 0 Å². The van der Waals surface area contributed by atoms with Crippen molar-refractivity contribution < 1.29 is 23.1 Å². The number of carboxylic acid groups (broad SMARTS) is 1. The topological polar surface area (TPSA) is 83.9 Å². The fraction of sp³-hybridized carbons (Fsp3) is 0.900. The molecule has 0 aliphatic carbocycles. The summed E-state index contributed by atoms with van der Waals surface area (Å²) in [6.45, 7) is 2.02. The Bertz CT molecular complexity index is 328. The van der Waals surface area contributed by atoms with E-state index in [1.807, 2.05) is 0 Å². The fourth-order valence-corrected chi connectivity index (χ4v) is 2.60. The maximum absolute atomic E-state index is 11.7. The Kier molecular flexibility index (Phi) is 7.33. The molecule has 0 amide bonds. The number of rotatable bonds is 9. The lowest BCUT2D eigenvalue weighted by Gasteiger charge is -2.19. The number of sulfonamides is 1. The molecule has 0 rings (SSSR count). The van der Waals surface area contributed by atoms with Crippen molar-refractivity contribution in [2.75, 3.05) is 33.1 Å². The van der Waals surface area contributed by atoms with Gasteiger partial charge in [0.25, 0.3) is 0 Å². The van der Waals surface area contributed by atoms with Crippen LogP contribution in [0.5, 0.6) is 0 Å². The van der Waals surface area contributed by atoms with Crippen LogP contribution in [0, 0.1) is 5.92 Å². The molecule has 1 unspecified atom stereocenters. The number of carbonyl (C=O) groups is 1. The van der Waals surface area contributed by atoms with E-state index in [0.29, 0.717) is 19.4 Å². The molecule has 0 fully saturated rings. The van der Waals surface area contributed by atoms with Gasteiger partial charge in [0.2, 0.25) is 10.0 Å². The zero-order chi connectivity index (χ0) is 13.5. The third-order valence-corrected chi connectivity index (χ3v) is 4.33. The van der Waals surface area contributed by atoms with Gasteiger partial charge in [-0.1, -0.05) is 6.92 Å². The van der Waals surface area contributed by atoms with Crippen molar-refractivity contribution in [1.82, 2.24) is 4.31 Å². The first-order valence-electron chi connectivity index (χ1n) is 5.47. The zero-order valence-corrected chi connectivity index (χ0v) is 11.4. The molecule has 0 saturated heterocycles. The zero-order valence-electron chi connectivity index (χ0n) is 10.5. The molecule has 0 bridgehead atoms. The van der Waals surface area contributed by atoms with Crippen LogP contribution in [-0.2, 0) is 19.6 Å². The monoisotopic (exact) mass is 267 g/mol. The minimum atomic E-state index is -3.35. The number of carboxylic acids is 1. The lowest BCUT2D eigenvalue weighted by molar-refractivity contribution is -0.141. The number of unbranched alkanes of at least 4 members (excludes halogenated alkanes) is 1. The Hall–Kier alpha value is -0.660. The molecule has 6 nitrogen and oxygen atoms in total. The predicted molar refractivity (Wildman–Crippen MR) is 64.3 cm³/mol. The summed E-state index contributed by atoms with van der Waals surface area (Å²) in [5.74, 6) is -1.67. The molecule has 0 saturated carbocycles. The lowest BCUT2D eigenvalue weighted by Crippen LogP contribution is -2.35. The Morgan fingerprint density at radius 2 is 2.00 bits per heavy atom. The van der Waals surface area contributed by atoms with Gasteiger partial charge < -0.3 is 9.84 Å². The van der Waals surface area contributed by atoms with Gasteiger partial charge in [0.15, 0.2) is 0 Å². The number of hydrogen-bond acceptors (Lipinski definition) is 4. The second-order valence-corrected chi connectivity index (χ2v) is 6.23. The SMILES string of the molecule is COCCCCS(=O)(=O)N(C)CC(C)C(=O)O. The van der Waals surface area contributed by atoms with Crippen LogP contribution < -0.4 is 0 Å². The van der Waals surface area contributed by atoms with Crippen LogP contribution in [0.15, 0.2) is 0 Å². The molecule has 0 spiro atoms. The van der Waals surface area contributed by atoms with Crippen LogP contribution in [0.25, 0.3) is 0 Å². The summed E-state index contributed by atoms with van der Waals surface area (Å²) < 4.78 is 29.4. The quantitative estimate of drug-likeness (QED) is 0.611. The minimum Gasteiger partial charge on any atom is -0.481 e. The van der Waals surface area contributed by atoms with E-state index in [2.05, 4.69) is 0 Å². The molecule has 0 aliphatic rings. The van der Waals surface area contributed by atoms with Crippen LogP contribution in [0.2, 0.25) is 0 Å². The van der Waals surface area contributed by atoms with E-state index in [9.17, 15) is 13.2 Å². The average molecular weight is 267 g/mol. The molecule has 0 radical (unpaired) electrons. The molecular formula is C10H21NO5S. The van der Waals surface area contributed by atoms with Crippen molar-refractivity contribution in [1.29, 1.82) is 0 Å². The third kappa shape index (κ3) is 6.60. The Balaban J connectivity index is 4.16. The molecule has 0 aromatic heterocycles. The van der Waals surface area contributed by atoms with Gasteiger partial charge in [-0.25, -0.2) is 12.7 Å². The van der Waals surface area contributed by atoms with Crippen molar-refractivity contribution in [3.05, 3.63) is 0 Å². The highest BCUT2D eigenvalue weighted by Crippen LogP contribution is 2.06. The Morgan fingerprint density at radius 3 is 2.47 bits per heavy atom. The van der Waals surface area contributed by atoms with Crippen molar-refractivity contribution in [3.63, 3.8) is 0 Å². The van der Waals surface area contributed by atoms with Gasteiger partial charge >= 0.3 is 5.97 Å². The van der Waals surface area contributed by atoms with Gasteiger partial charge in [0.05, 0.1) is 11.7 Å². The van der Waals surface area contributed by atoms with Crippen LogP contribution in [0.3, 0.4) is 0 Å². The van der Waals surface area contributed by atoms with E-state index in [1.54, 1.807) is 7.11 Å². The van der Waals surface area contributed by atoms with Gasteiger partial charge in [-0.05, 0) is 12.8 Å². The molecule has 17 heavy (non-hydrogen) atoms. The summed E-state index contributed by atoms with van der Waals surface area (Å²) in [4.78, 5) is 10.6. The summed E-state index contributed by atoms with van der Waals surface area (Å²) in [7, 11) is -0.382. The van der Waals surface area contributed by atoms with Gasteiger partial charge in [-0.15, -0.1) is 0 Å². The molecule has 1 N–H and O–H groups in total. The third-order valence-electron chi connectivity index (χ3n) is 2.43. The van der Waals surface area contributed by atoms with Crippen LogP contribution in [0.1, 0.15) is 19.8 Å². The second-order valence-electron chi connectivity index (χ2n) is 4.04. The van der Waals surface area contributed by atoms with Crippen molar-refractivity contribution in [2.45, 2.75) is 19.8 Å². The number of aliphatic carboxylic acids is 1. The molecular weight excluding hydrogens is 246 g/mol. The summed E-state index contributed by atoms with van der Waals surface area (Å²) in [5.41, 5.74) is 0. The molecule has 0 aromatic carbocycles. The highest BCUT2D eigenvalue weighted by Gasteiger charge is 2.22. The molecule has 0 heterocycles. The first kappa shape index (κ1) is 16.3. The number of methoxy groups -OCH3 is 1. The van der Waals surface area contributed by atoms with Crippen molar-refractivity contribution >= 4 is 16.0 Å². The first-order valence-corrected chi connectivity index (χ1v) is 7.08. The predicted octanol–water partition coefficient (Wildman–Crippen LogP) is 0.395. The van der Waals surface area contributed by atoms with Gasteiger partial charge in [0, 0.05) is 27.3 Å². The second kappa shape index (κ2) is 7.62. The normalized spacial score (nSPS) is 13.9. The van der Waals surface area contributed by atoms with E-state index in [0.717, 1.165) is 4.31 Å². The summed E-state index contributed by atoms with van der Waals surface area (Å²) >= 11 is 0. The first-order chi connectivity index (χ1) is 7.81. The van der Waals surface area contributed by atoms with E-state index < -0.39 is 21.9 Å². The average Bonchev–Trinajstić information content (AvgIpc) is 2.24. The number of hydrogen-bond donors (Lipinski definition) is 1. The van der Waals surface area contributed by atoms with Gasteiger partial charge in [-0.3, -0.25) is 4.79 Å². The highest BCUT2D eigenvalue weighted by molar-refractivity contribution is 7.89. The van der Waals surface area contributed by atoms with Crippen LogP contribution in [-0.4, -0.2) is 56.9 Å². The van der Waals surface area contributed by atoms with E-state index in [-0.39, 0.29) is 12.3 Å². The maximum Gasteiger partial charge on any atom is 0.307 e. The molecule has 0 aliphatic heterocycles. The maximum atomic E-state index is 11.7. The minimum absolute atomic E-state index is 0.00193. The van der Waals surface area contributed by atoms with E-state index in [1.165, 1.54) is 14.0 Å². The van der Waals surface area contributed by atoms with Crippen molar-refractivity contribution in [3.8, 4) is 0 Å². The smallest absolute Gasteiger partial charge is 0.307 e. The molecule has 102 valence electrons. The Morgan fingerprint density at radius 1 is 1.41 bits per heavy atom. The number of nitrogens with zero attached hydrogens (tertiary/aromatic N) is 1. The van der Waals surface area contributed by atoms with E-state index >= 15 is 0 Å². The lowest BCUT2D eigenvalue weighted by atomic mass is 10.2. The van der Waals surface area contributed by atoms with Crippen molar-refractivity contribution in [2.24, 2.45) is 5.92 Å². The highest BCUT2D eigenvalue weighted by atomic mass is 32.2. The summed E-state index contributed by atoms with van der Waals surface area (Å²) in [5, 5.41) is 8.70. The summed E-state index contributed by atoms with van der Waals surface area (Å²) in [6, 6.07) is 0.